The minimum absolute atomic E-state index is 0.0481. The van der Waals surface area contributed by atoms with Crippen LogP contribution in [0.5, 0.6) is 0 Å². The average Bonchev–Trinajstić information content (AvgIpc) is 3.10. The fourth-order valence-corrected chi connectivity index (χ4v) is 5.89. The molecule has 0 bridgehead atoms. The molecule has 0 spiro atoms. The van der Waals surface area contributed by atoms with E-state index in [4.69, 9.17) is 23.2 Å². The minimum atomic E-state index is -0.469. The van der Waals surface area contributed by atoms with Crippen molar-refractivity contribution >= 4 is 46.1 Å². The lowest BCUT2D eigenvalue weighted by molar-refractivity contribution is -0.116. The first-order valence-electron chi connectivity index (χ1n) is 12.5. The number of halogens is 2. The summed E-state index contributed by atoms with van der Waals surface area (Å²) in [5.74, 6) is 0.0457. The van der Waals surface area contributed by atoms with Crippen molar-refractivity contribution in [2.75, 3.05) is 10.6 Å². The first kappa shape index (κ1) is 24.5. The third kappa shape index (κ3) is 4.62. The Bertz CT molecular complexity index is 1580. The maximum atomic E-state index is 13.8. The highest BCUT2D eigenvalue weighted by Gasteiger charge is 2.37. The van der Waals surface area contributed by atoms with Crippen molar-refractivity contribution in [3.05, 3.63) is 141 Å². The van der Waals surface area contributed by atoms with Crippen LogP contribution in [0.1, 0.15) is 51.8 Å². The predicted molar refractivity (Wildman–Crippen MR) is 153 cm³/mol. The number of ketones is 2. The van der Waals surface area contributed by atoms with Gasteiger partial charge in [-0.3, -0.25) is 9.59 Å². The summed E-state index contributed by atoms with van der Waals surface area (Å²) >= 11 is 12.8. The fraction of sp³-hybridized carbons (Fsp3) is 0.125. The summed E-state index contributed by atoms with van der Waals surface area (Å²) in [5, 5.41) is 8.11. The number of nitrogens with one attached hydrogen (secondary N) is 2. The fourth-order valence-electron chi connectivity index (χ4n) is 5.38. The quantitative estimate of drug-likeness (QED) is 0.257. The molecule has 4 aromatic rings. The smallest absolute Gasteiger partial charge is 0.193 e. The highest BCUT2D eigenvalue weighted by molar-refractivity contribution is 6.35. The van der Waals surface area contributed by atoms with Gasteiger partial charge in [-0.1, -0.05) is 89.9 Å². The number of carbonyl (C=O) groups is 2. The van der Waals surface area contributed by atoms with Crippen LogP contribution in [0.2, 0.25) is 10.0 Å². The largest absolute Gasteiger partial charge is 0.372 e. The third-order valence-corrected chi connectivity index (χ3v) is 7.81. The molecule has 2 N–H and O–H groups in total. The monoisotopic (exact) mass is 538 g/mol. The molecule has 2 aliphatic rings. The van der Waals surface area contributed by atoms with Crippen molar-refractivity contribution in [1.29, 1.82) is 0 Å². The number of hydrogen-bond donors (Lipinski definition) is 2. The van der Waals surface area contributed by atoms with Gasteiger partial charge < -0.3 is 10.6 Å². The molecule has 2 atom stereocenters. The molecule has 0 aromatic heterocycles. The van der Waals surface area contributed by atoms with E-state index in [9.17, 15) is 9.59 Å². The second kappa shape index (κ2) is 10.1. The van der Waals surface area contributed by atoms with Gasteiger partial charge in [0.15, 0.2) is 11.6 Å². The second-order valence-electron chi connectivity index (χ2n) is 9.65. The van der Waals surface area contributed by atoms with Crippen LogP contribution >= 0.6 is 23.2 Å². The van der Waals surface area contributed by atoms with E-state index < -0.39 is 6.04 Å². The van der Waals surface area contributed by atoms with E-state index in [-0.39, 0.29) is 17.5 Å². The third-order valence-electron chi connectivity index (χ3n) is 7.24. The zero-order chi connectivity index (χ0) is 26.2. The molecule has 38 heavy (non-hydrogen) atoms. The molecule has 0 unspecified atom stereocenters. The van der Waals surface area contributed by atoms with Crippen LogP contribution in [0.25, 0.3) is 0 Å². The van der Waals surface area contributed by atoms with Crippen molar-refractivity contribution in [1.82, 2.24) is 0 Å². The summed E-state index contributed by atoms with van der Waals surface area (Å²) in [6, 6.07) is 29.7. The van der Waals surface area contributed by atoms with Crippen LogP contribution in [0, 0.1) is 0 Å². The standard InChI is InChI=1S/C32H24Cl2N2O2/c33-23-12-13-24(25(34)18-23)31-30-28(16-22(17-29(30)37)19-7-3-1-4-8-19)35-27-15-21(11-14-26(27)36-31)32(38)20-9-5-2-6-10-20/h1-15,18,22,31,35-36H,16-17H2/t22-,31-/m1/s1. The molecule has 0 fully saturated rings. The van der Waals surface area contributed by atoms with E-state index in [1.54, 1.807) is 12.1 Å². The lowest BCUT2D eigenvalue weighted by atomic mass is 9.78. The van der Waals surface area contributed by atoms with Gasteiger partial charge in [0.25, 0.3) is 0 Å². The minimum Gasteiger partial charge on any atom is -0.372 e. The maximum absolute atomic E-state index is 13.8. The molecule has 1 aliphatic heterocycles. The van der Waals surface area contributed by atoms with E-state index in [0.717, 1.165) is 28.2 Å². The molecule has 0 saturated carbocycles. The van der Waals surface area contributed by atoms with Gasteiger partial charge in [-0.2, -0.15) is 0 Å². The molecule has 6 heteroatoms. The molecular formula is C32H24Cl2N2O2. The van der Waals surface area contributed by atoms with E-state index in [1.165, 1.54) is 0 Å². The van der Waals surface area contributed by atoms with Crippen LogP contribution in [0.15, 0.2) is 108 Å². The summed E-state index contributed by atoms with van der Waals surface area (Å²) in [7, 11) is 0. The number of rotatable bonds is 4. The Morgan fingerprint density at radius 3 is 2.24 bits per heavy atom. The maximum Gasteiger partial charge on any atom is 0.193 e. The molecule has 0 saturated heterocycles. The lowest BCUT2D eigenvalue weighted by Gasteiger charge is -2.30. The molecule has 0 amide bonds. The van der Waals surface area contributed by atoms with Crippen LogP contribution in [-0.4, -0.2) is 11.6 Å². The highest BCUT2D eigenvalue weighted by Crippen LogP contribution is 2.46. The van der Waals surface area contributed by atoms with Crippen molar-refractivity contribution < 1.29 is 9.59 Å². The van der Waals surface area contributed by atoms with Crippen LogP contribution in [0.3, 0.4) is 0 Å². The number of carbonyl (C=O) groups excluding carboxylic acids is 2. The Labute approximate surface area is 231 Å². The molecule has 4 nitrogen and oxygen atoms in total. The molecule has 188 valence electrons. The number of benzene rings is 4. The molecule has 1 heterocycles. The van der Waals surface area contributed by atoms with Crippen LogP contribution in [-0.2, 0) is 4.79 Å². The molecule has 0 radical (unpaired) electrons. The summed E-state index contributed by atoms with van der Waals surface area (Å²) in [4.78, 5) is 27.0. The van der Waals surface area contributed by atoms with E-state index in [2.05, 4.69) is 22.8 Å². The van der Waals surface area contributed by atoms with Crippen molar-refractivity contribution in [3.63, 3.8) is 0 Å². The zero-order valence-electron chi connectivity index (χ0n) is 20.4. The normalized spacial score (nSPS) is 18.5. The number of hydrogen-bond acceptors (Lipinski definition) is 4. The number of allylic oxidation sites excluding steroid dienone is 1. The van der Waals surface area contributed by atoms with Gasteiger partial charge in [-0.05, 0) is 53.8 Å². The summed E-state index contributed by atoms with van der Waals surface area (Å²) in [5.41, 5.74) is 6.11. The first-order chi connectivity index (χ1) is 18.5. The van der Waals surface area contributed by atoms with Gasteiger partial charge in [0, 0.05) is 38.9 Å². The molecule has 4 aromatic carbocycles. The predicted octanol–water partition coefficient (Wildman–Crippen LogP) is 8.20. The van der Waals surface area contributed by atoms with Gasteiger partial charge in [-0.15, -0.1) is 0 Å². The first-order valence-corrected chi connectivity index (χ1v) is 13.3. The van der Waals surface area contributed by atoms with Crippen LogP contribution < -0.4 is 10.6 Å². The summed E-state index contributed by atoms with van der Waals surface area (Å²) < 4.78 is 0. The topological polar surface area (TPSA) is 58.2 Å². The van der Waals surface area contributed by atoms with Crippen molar-refractivity contribution in [3.8, 4) is 0 Å². The molecule has 6 rings (SSSR count). The number of anilines is 2. The van der Waals surface area contributed by atoms with E-state index >= 15 is 0 Å². The van der Waals surface area contributed by atoms with E-state index in [0.29, 0.717) is 39.6 Å². The molecular weight excluding hydrogens is 515 g/mol. The second-order valence-corrected chi connectivity index (χ2v) is 10.5. The Hall–Kier alpha value is -3.86. The van der Waals surface area contributed by atoms with E-state index in [1.807, 2.05) is 72.8 Å². The van der Waals surface area contributed by atoms with Crippen molar-refractivity contribution in [2.45, 2.75) is 24.8 Å². The van der Waals surface area contributed by atoms with Gasteiger partial charge in [0.2, 0.25) is 0 Å². The number of fused-ring (bicyclic) bond motifs is 1. The molecule has 1 aliphatic carbocycles. The van der Waals surface area contributed by atoms with Gasteiger partial charge >= 0.3 is 0 Å². The Morgan fingerprint density at radius 1 is 0.763 bits per heavy atom. The SMILES string of the molecule is O=C1C[C@H](c2ccccc2)CC2=C1[C@@H](c1ccc(Cl)cc1Cl)Nc1ccc(C(=O)c3ccccc3)cc1N2. The van der Waals surface area contributed by atoms with Crippen molar-refractivity contribution in [2.24, 2.45) is 0 Å². The lowest BCUT2D eigenvalue weighted by Crippen LogP contribution is -2.27. The Kier molecular flexibility index (Phi) is 6.52. The Morgan fingerprint density at radius 2 is 1.50 bits per heavy atom. The number of Topliss-reactive ketones (excluding diaryl/α,β-unsaturated/α-hetero) is 1. The summed E-state index contributed by atoms with van der Waals surface area (Å²) in [6.45, 7) is 0. The highest BCUT2D eigenvalue weighted by atomic mass is 35.5. The van der Waals surface area contributed by atoms with Gasteiger partial charge in [-0.25, -0.2) is 0 Å². The zero-order valence-corrected chi connectivity index (χ0v) is 21.9. The Balaban J connectivity index is 1.46. The van der Waals surface area contributed by atoms with Gasteiger partial charge in [0.1, 0.15) is 0 Å². The van der Waals surface area contributed by atoms with Crippen LogP contribution in [0.4, 0.5) is 11.4 Å². The average molecular weight is 539 g/mol. The summed E-state index contributed by atoms with van der Waals surface area (Å²) in [6.07, 6.45) is 1.06. The van der Waals surface area contributed by atoms with Gasteiger partial charge in [0.05, 0.1) is 17.4 Å².